The minimum absolute atomic E-state index is 0.509. The minimum atomic E-state index is -4.08. The van der Waals surface area contributed by atoms with Gasteiger partial charge in [-0.2, -0.15) is 13.2 Å². The molecule has 96 valence electrons. The molecule has 0 fully saturated rings. The summed E-state index contributed by atoms with van der Waals surface area (Å²) in [5, 5.41) is 2.89. The predicted octanol–water partition coefficient (Wildman–Crippen LogP) is 3.55. The van der Waals surface area contributed by atoms with Gasteiger partial charge in [-0.1, -0.05) is 30.3 Å². The van der Waals surface area contributed by atoms with Gasteiger partial charge in [-0.3, -0.25) is 0 Å². The quantitative estimate of drug-likeness (QED) is 0.756. The summed E-state index contributed by atoms with van der Waals surface area (Å²) < 4.78 is 36.1. The number of nitrogens with one attached hydrogen (secondary N) is 1. The van der Waals surface area contributed by atoms with E-state index in [1.807, 2.05) is 30.3 Å². The van der Waals surface area contributed by atoms with E-state index in [9.17, 15) is 13.2 Å². The van der Waals surface area contributed by atoms with Gasteiger partial charge < -0.3 is 5.32 Å². The summed E-state index contributed by atoms with van der Waals surface area (Å²) in [4.78, 5) is 0. The average molecular weight is 245 g/mol. The lowest BCUT2D eigenvalue weighted by Crippen LogP contribution is -2.32. The van der Waals surface area contributed by atoms with Crippen LogP contribution in [0, 0.1) is 0 Å². The van der Waals surface area contributed by atoms with Crippen molar-refractivity contribution in [1.82, 2.24) is 5.32 Å². The standard InChI is InChI=1S/C13H18F3N/c1-11(10-13(14,15)16)17-9-5-8-12-6-3-2-4-7-12/h2-4,6-7,11,17H,5,8-10H2,1H3. The second-order valence-electron chi connectivity index (χ2n) is 4.26. The molecule has 0 aliphatic rings. The number of hydrogen-bond donors (Lipinski definition) is 1. The first-order valence-corrected chi connectivity index (χ1v) is 5.81. The Morgan fingerprint density at radius 2 is 1.82 bits per heavy atom. The summed E-state index contributed by atoms with van der Waals surface area (Å²) in [5.41, 5.74) is 1.22. The number of aryl methyl sites for hydroxylation is 1. The van der Waals surface area contributed by atoms with Gasteiger partial charge in [0.05, 0.1) is 6.42 Å². The lowest BCUT2D eigenvalue weighted by atomic mass is 10.1. The van der Waals surface area contributed by atoms with E-state index in [-0.39, 0.29) is 0 Å². The molecule has 0 amide bonds. The highest BCUT2D eigenvalue weighted by Gasteiger charge is 2.29. The maximum Gasteiger partial charge on any atom is 0.390 e. The fourth-order valence-corrected chi connectivity index (χ4v) is 1.71. The third-order valence-electron chi connectivity index (χ3n) is 2.52. The van der Waals surface area contributed by atoms with Gasteiger partial charge in [0.1, 0.15) is 0 Å². The molecule has 1 N–H and O–H groups in total. The van der Waals surface area contributed by atoms with Crippen molar-refractivity contribution in [1.29, 1.82) is 0 Å². The zero-order valence-corrected chi connectivity index (χ0v) is 9.93. The van der Waals surface area contributed by atoms with Gasteiger partial charge in [0.15, 0.2) is 0 Å². The SMILES string of the molecule is CC(CC(F)(F)F)NCCCc1ccccc1. The van der Waals surface area contributed by atoms with Gasteiger partial charge >= 0.3 is 6.18 Å². The highest BCUT2D eigenvalue weighted by atomic mass is 19.4. The molecule has 4 heteroatoms. The van der Waals surface area contributed by atoms with Crippen molar-refractivity contribution in [2.75, 3.05) is 6.54 Å². The zero-order valence-electron chi connectivity index (χ0n) is 9.93. The molecular weight excluding hydrogens is 227 g/mol. The molecule has 0 spiro atoms. The zero-order chi connectivity index (χ0) is 12.7. The van der Waals surface area contributed by atoms with Crippen LogP contribution in [0.3, 0.4) is 0 Å². The Morgan fingerprint density at radius 1 is 1.18 bits per heavy atom. The Morgan fingerprint density at radius 3 is 2.41 bits per heavy atom. The lowest BCUT2D eigenvalue weighted by molar-refractivity contribution is -0.139. The van der Waals surface area contributed by atoms with E-state index < -0.39 is 18.6 Å². The van der Waals surface area contributed by atoms with Crippen LogP contribution >= 0.6 is 0 Å². The number of alkyl halides is 3. The molecule has 1 rings (SSSR count). The maximum absolute atomic E-state index is 12.0. The van der Waals surface area contributed by atoms with Crippen molar-refractivity contribution < 1.29 is 13.2 Å². The first-order valence-electron chi connectivity index (χ1n) is 5.81. The Labute approximate surface area is 100 Å². The van der Waals surface area contributed by atoms with Crippen molar-refractivity contribution in [3.63, 3.8) is 0 Å². The minimum Gasteiger partial charge on any atom is -0.314 e. The first kappa shape index (κ1) is 14.0. The molecular formula is C13H18F3N. The van der Waals surface area contributed by atoms with Crippen molar-refractivity contribution in [3.8, 4) is 0 Å². The monoisotopic (exact) mass is 245 g/mol. The molecule has 1 aromatic carbocycles. The smallest absolute Gasteiger partial charge is 0.314 e. The number of rotatable bonds is 6. The van der Waals surface area contributed by atoms with Gasteiger partial charge in [0.25, 0.3) is 0 Å². The van der Waals surface area contributed by atoms with Crippen molar-refractivity contribution in [2.45, 2.75) is 38.4 Å². The van der Waals surface area contributed by atoms with Crippen LogP contribution in [0.4, 0.5) is 13.2 Å². The molecule has 1 unspecified atom stereocenters. The summed E-state index contributed by atoms with van der Waals surface area (Å²) in [6.07, 6.45) is -3.09. The second kappa shape index (κ2) is 6.64. The topological polar surface area (TPSA) is 12.0 Å². The molecule has 0 aliphatic carbocycles. The van der Waals surface area contributed by atoms with Crippen LogP contribution in [0.1, 0.15) is 25.3 Å². The Kier molecular flexibility index (Phi) is 5.48. The summed E-state index contributed by atoms with van der Waals surface area (Å²) in [5.74, 6) is 0. The van der Waals surface area contributed by atoms with E-state index in [0.717, 1.165) is 12.8 Å². The van der Waals surface area contributed by atoms with E-state index in [1.54, 1.807) is 6.92 Å². The van der Waals surface area contributed by atoms with E-state index in [0.29, 0.717) is 6.54 Å². The number of benzene rings is 1. The highest BCUT2D eigenvalue weighted by Crippen LogP contribution is 2.21. The van der Waals surface area contributed by atoms with Gasteiger partial charge in [-0.15, -0.1) is 0 Å². The molecule has 1 nitrogen and oxygen atoms in total. The van der Waals surface area contributed by atoms with Gasteiger partial charge in [0, 0.05) is 6.04 Å². The van der Waals surface area contributed by atoms with Crippen molar-refractivity contribution in [2.24, 2.45) is 0 Å². The number of hydrogen-bond acceptors (Lipinski definition) is 1. The first-order chi connectivity index (χ1) is 7.97. The molecule has 0 aromatic heterocycles. The fourth-order valence-electron chi connectivity index (χ4n) is 1.71. The predicted molar refractivity (Wildman–Crippen MR) is 62.9 cm³/mol. The van der Waals surface area contributed by atoms with Crippen LogP contribution in [0.25, 0.3) is 0 Å². The van der Waals surface area contributed by atoms with Gasteiger partial charge in [-0.05, 0) is 31.9 Å². The largest absolute Gasteiger partial charge is 0.390 e. The molecule has 0 saturated heterocycles. The van der Waals surface area contributed by atoms with Crippen molar-refractivity contribution in [3.05, 3.63) is 35.9 Å². The van der Waals surface area contributed by atoms with E-state index in [2.05, 4.69) is 5.32 Å². The van der Waals surface area contributed by atoms with Crippen LogP contribution in [0.5, 0.6) is 0 Å². The average Bonchev–Trinajstić information content (AvgIpc) is 2.23. The van der Waals surface area contributed by atoms with Crippen LogP contribution < -0.4 is 5.32 Å². The molecule has 17 heavy (non-hydrogen) atoms. The molecule has 1 aromatic rings. The van der Waals surface area contributed by atoms with Crippen LogP contribution in [0.2, 0.25) is 0 Å². The summed E-state index contributed by atoms with van der Waals surface area (Å²) in [7, 11) is 0. The Bertz CT molecular complexity index is 308. The van der Waals surface area contributed by atoms with Gasteiger partial charge in [0.2, 0.25) is 0 Å². The molecule has 1 atom stereocenters. The summed E-state index contributed by atoms with van der Waals surface area (Å²) in [6.45, 7) is 2.18. The molecule has 0 aliphatic heterocycles. The van der Waals surface area contributed by atoms with Crippen LogP contribution in [0.15, 0.2) is 30.3 Å². The van der Waals surface area contributed by atoms with Crippen LogP contribution in [-0.4, -0.2) is 18.8 Å². The van der Waals surface area contributed by atoms with E-state index in [4.69, 9.17) is 0 Å². The lowest BCUT2D eigenvalue weighted by Gasteiger charge is -2.15. The van der Waals surface area contributed by atoms with E-state index >= 15 is 0 Å². The fraction of sp³-hybridized carbons (Fsp3) is 0.538. The summed E-state index contributed by atoms with van der Waals surface area (Å²) in [6, 6.07) is 9.43. The Balaban J connectivity index is 2.12. The van der Waals surface area contributed by atoms with E-state index in [1.165, 1.54) is 5.56 Å². The Hall–Kier alpha value is -1.03. The third-order valence-corrected chi connectivity index (χ3v) is 2.52. The summed E-state index contributed by atoms with van der Waals surface area (Å²) >= 11 is 0. The highest BCUT2D eigenvalue weighted by molar-refractivity contribution is 5.14. The van der Waals surface area contributed by atoms with Gasteiger partial charge in [-0.25, -0.2) is 0 Å². The molecule has 0 saturated carbocycles. The maximum atomic E-state index is 12.0. The third kappa shape index (κ3) is 7.00. The van der Waals surface area contributed by atoms with Crippen molar-refractivity contribution >= 4 is 0 Å². The normalized spacial score (nSPS) is 13.6. The molecule has 0 radical (unpaired) electrons. The molecule has 0 bridgehead atoms. The molecule has 0 heterocycles. The number of halogens is 3. The van der Waals surface area contributed by atoms with Crippen LogP contribution in [-0.2, 0) is 6.42 Å². The second-order valence-corrected chi connectivity index (χ2v) is 4.26.